The molecule has 1 N–H and O–H groups in total. The van der Waals surface area contributed by atoms with Crippen LogP contribution in [0.5, 0.6) is 0 Å². The molecule has 0 bridgehead atoms. The molecule has 2 atom stereocenters. The predicted molar refractivity (Wildman–Crippen MR) is 83.5 cm³/mol. The molecule has 1 saturated carbocycles. The maximum Gasteiger partial charge on any atom is 0.00673 e. The SMILES string of the molecule is CCC1CCCC(NCC2(C)CCN(C)CC2)CC1. The molecule has 2 aliphatic rings. The van der Waals surface area contributed by atoms with E-state index in [0.717, 1.165) is 12.0 Å². The van der Waals surface area contributed by atoms with Gasteiger partial charge in [0.05, 0.1) is 0 Å². The molecule has 19 heavy (non-hydrogen) atoms. The van der Waals surface area contributed by atoms with Crippen molar-refractivity contribution in [1.29, 1.82) is 0 Å². The zero-order chi connectivity index (χ0) is 13.7. The Kier molecular flexibility index (Phi) is 5.70. The van der Waals surface area contributed by atoms with Crippen molar-refractivity contribution in [2.24, 2.45) is 11.3 Å². The zero-order valence-electron chi connectivity index (χ0n) is 13.4. The molecule has 2 nitrogen and oxygen atoms in total. The van der Waals surface area contributed by atoms with E-state index in [9.17, 15) is 0 Å². The molecular formula is C17H34N2. The van der Waals surface area contributed by atoms with E-state index in [1.54, 1.807) is 0 Å². The van der Waals surface area contributed by atoms with Crippen molar-refractivity contribution < 1.29 is 0 Å². The van der Waals surface area contributed by atoms with Crippen LogP contribution in [0.15, 0.2) is 0 Å². The highest BCUT2D eigenvalue weighted by Crippen LogP contribution is 2.31. The Morgan fingerprint density at radius 1 is 1.11 bits per heavy atom. The standard InChI is InChI=1S/C17H34N2/c1-4-15-6-5-7-16(9-8-15)18-14-17(2)10-12-19(3)13-11-17/h15-16,18H,4-14H2,1-3H3. The lowest BCUT2D eigenvalue weighted by molar-refractivity contribution is 0.132. The number of nitrogens with zero attached hydrogens (tertiary/aromatic N) is 1. The highest BCUT2D eigenvalue weighted by atomic mass is 15.1. The van der Waals surface area contributed by atoms with Crippen LogP contribution in [0.4, 0.5) is 0 Å². The van der Waals surface area contributed by atoms with Gasteiger partial charge in [-0.3, -0.25) is 0 Å². The van der Waals surface area contributed by atoms with Crippen molar-refractivity contribution >= 4 is 0 Å². The van der Waals surface area contributed by atoms with Gasteiger partial charge in [0, 0.05) is 12.6 Å². The van der Waals surface area contributed by atoms with Crippen molar-refractivity contribution in [3.8, 4) is 0 Å². The molecule has 2 rings (SSSR count). The smallest absolute Gasteiger partial charge is 0.00673 e. The van der Waals surface area contributed by atoms with Crippen molar-refractivity contribution in [2.75, 3.05) is 26.7 Å². The van der Waals surface area contributed by atoms with E-state index in [1.165, 1.54) is 71.0 Å². The van der Waals surface area contributed by atoms with Gasteiger partial charge in [0.25, 0.3) is 0 Å². The Hall–Kier alpha value is -0.0800. The molecule has 0 spiro atoms. The quantitative estimate of drug-likeness (QED) is 0.781. The second kappa shape index (κ2) is 7.08. The molecule has 1 aliphatic carbocycles. The third kappa shape index (κ3) is 4.75. The van der Waals surface area contributed by atoms with Crippen molar-refractivity contribution in [1.82, 2.24) is 10.2 Å². The molecule has 0 aromatic heterocycles. The zero-order valence-corrected chi connectivity index (χ0v) is 13.4. The molecule has 1 aliphatic heterocycles. The summed E-state index contributed by atoms with van der Waals surface area (Å²) in [6.07, 6.45) is 11.3. The molecular weight excluding hydrogens is 232 g/mol. The molecule has 1 heterocycles. The minimum Gasteiger partial charge on any atom is -0.313 e. The van der Waals surface area contributed by atoms with Crippen LogP contribution in [0.2, 0.25) is 0 Å². The molecule has 1 saturated heterocycles. The first-order valence-corrected chi connectivity index (χ1v) is 8.53. The summed E-state index contributed by atoms with van der Waals surface area (Å²) >= 11 is 0. The third-order valence-corrected chi connectivity index (χ3v) is 5.68. The van der Waals surface area contributed by atoms with Crippen LogP contribution in [0.1, 0.15) is 65.2 Å². The van der Waals surface area contributed by atoms with E-state index in [4.69, 9.17) is 0 Å². The molecule has 2 fully saturated rings. The number of likely N-dealkylation sites (tertiary alicyclic amines) is 1. The number of piperidine rings is 1. The largest absolute Gasteiger partial charge is 0.313 e. The van der Waals surface area contributed by atoms with Gasteiger partial charge in [0.2, 0.25) is 0 Å². The van der Waals surface area contributed by atoms with Crippen LogP contribution < -0.4 is 5.32 Å². The Morgan fingerprint density at radius 3 is 2.53 bits per heavy atom. The van der Waals surface area contributed by atoms with Gasteiger partial charge in [-0.1, -0.05) is 33.1 Å². The number of rotatable bonds is 4. The van der Waals surface area contributed by atoms with Gasteiger partial charge in [-0.05, 0) is 63.6 Å². The van der Waals surface area contributed by atoms with Crippen LogP contribution >= 0.6 is 0 Å². The average molecular weight is 266 g/mol. The van der Waals surface area contributed by atoms with Gasteiger partial charge in [-0.25, -0.2) is 0 Å². The first-order chi connectivity index (χ1) is 9.11. The summed E-state index contributed by atoms with van der Waals surface area (Å²) in [6, 6.07) is 0.799. The first kappa shape index (κ1) is 15.3. The molecule has 0 aromatic carbocycles. The average Bonchev–Trinajstić information content (AvgIpc) is 2.65. The normalized spacial score (nSPS) is 33.0. The van der Waals surface area contributed by atoms with Crippen LogP contribution in [-0.4, -0.2) is 37.6 Å². The monoisotopic (exact) mass is 266 g/mol. The number of nitrogens with one attached hydrogen (secondary N) is 1. The van der Waals surface area contributed by atoms with Crippen LogP contribution in [-0.2, 0) is 0 Å². The number of hydrogen-bond donors (Lipinski definition) is 1. The predicted octanol–water partition coefficient (Wildman–Crippen LogP) is 3.67. The Labute approximate surface area is 120 Å². The summed E-state index contributed by atoms with van der Waals surface area (Å²) in [4.78, 5) is 2.47. The molecule has 0 amide bonds. The Balaban J connectivity index is 1.72. The van der Waals surface area contributed by atoms with Gasteiger partial charge < -0.3 is 10.2 Å². The molecule has 2 heteroatoms. The van der Waals surface area contributed by atoms with Crippen molar-refractivity contribution in [2.45, 2.75) is 71.3 Å². The maximum absolute atomic E-state index is 3.91. The highest BCUT2D eigenvalue weighted by molar-refractivity contribution is 4.85. The fraction of sp³-hybridized carbons (Fsp3) is 1.00. The van der Waals surface area contributed by atoms with Crippen molar-refractivity contribution in [3.63, 3.8) is 0 Å². The fourth-order valence-electron chi connectivity index (χ4n) is 3.72. The summed E-state index contributed by atoms with van der Waals surface area (Å²) in [7, 11) is 2.25. The van der Waals surface area contributed by atoms with Crippen LogP contribution in [0, 0.1) is 11.3 Å². The van der Waals surface area contributed by atoms with Gasteiger partial charge in [-0.2, -0.15) is 0 Å². The van der Waals surface area contributed by atoms with Gasteiger partial charge in [0.1, 0.15) is 0 Å². The van der Waals surface area contributed by atoms with E-state index < -0.39 is 0 Å². The second-order valence-electron chi connectivity index (χ2n) is 7.47. The second-order valence-corrected chi connectivity index (χ2v) is 7.47. The van der Waals surface area contributed by atoms with Gasteiger partial charge >= 0.3 is 0 Å². The Bertz CT molecular complexity index is 256. The van der Waals surface area contributed by atoms with Crippen LogP contribution in [0.25, 0.3) is 0 Å². The Morgan fingerprint density at radius 2 is 1.84 bits per heavy atom. The summed E-state index contributed by atoms with van der Waals surface area (Å²) in [5, 5.41) is 3.91. The third-order valence-electron chi connectivity index (χ3n) is 5.68. The van der Waals surface area contributed by atoms with E-state index in [1.807, 2.05) is 0 Å². The van der Waals surface area contributed by atoms with Gasteiger partial charge in [0.15, 0.2) is 0 Å². The van der Waals surface area contributed by atoms with Crippen molar-refractivity contribution in [3.05, 3.63) is 0 Å². The van der Waals surface area contributed by atoms with E-state index in [2.05, 4.69) is 31.1 Å². The summed E-state index contributed by atoms with van der Waals surface area (Å²) in [6.45, 7) is 8.64. The number of hydrogen-bond acceptors (Lipinski definition) is 2. The van der Waals surface area contributed by atoms with Gasteiger partial charge in [-0.15, -0.1) is 0 Å². The van der Waals surface area contributed by atoms with E-state index >= 15 is 0 Å². The lowest BCUT2D eigenvalue weighted by atomic mass is 9.80. The fourth-order valence-corrected chi connectivity index (χ4v) is 3.72. The first-order valence-electron chi connectivity index (χ1n) is 8.53. The van der Waals surface area contributed by atoms with Crippen LogP contribution in [0.3, 0.4) is 0 Å². The summed E-state index contributed by atoms with van der Waals surface area (Å²) in [5.74, 6) is 1.01. The summed E-state index contributed by atoms with van der Waals surface area (Å²) in [5.41, 5.74) is 0.545. The minimum atomic E-state index is 0.545. The summed E-state index contributed by atoms with van der Waals surface area (Å²) < 4.78 is 0. The van der Waals surface area contributed by atoms with E-state index in [0.29, 0.717) is 5.41 Å². The minimum absolute atomic E-state index is 0.545. The maximum atomic E-state index is 3.91. The topological polar surface area (TPSA) is 15.3 Å². The molecule has 0 radical (unpaired) electrons. The lowest BCUT2D eigenvalue weighted by Crippen LogP contribution is -2.44. The molecule has 0 aromatic rings. The molecule has 2 unspecified atom stereocenters. The molecule has 112 valence electrons. The van der Waals surface area contributed by atoms with E-state index in [-0.39, 0.29) is 0 Å². The lowest BCUT2D eigenvalue weighted by Gasteiger charge is -2.39. The highest BCUT2D eigenvalue weighted by Gasteiger charge is 2.29.